The number of hydrogen-bond acceptors (Lipinski definition) is 3. The molecule has 1 aliphatic heterocycles. The van der Waals surface area contributed by atoms with Crippen molar-refractivity contribution in [3.05, 3.63) is 28.8 Å². The fourth-order valence-corrected chi connectivity index (χ4v) is 3.55. The molecule has 138 valence electrons. The molecule has 0 atom stereocenters. The van der Waals surface area contributed by atoms with Gasteiger partial charge in [0.05, 0.1) is 13.0 Å². The van der Waals surface area contributed by atoms with Gasteiger partial charge in [-0.1, -0.05) is 6.07 Å². The van der Waals surface area contributed by atoms with Crippen LogP contribution in [0.4, 0.5) is 0 Å². The highest BCUT2D eigenvalue weighted by atomic mass is 16.5. The summed E-state index contributed by atoms with van der Waals surface area (Å²) in [5, 5.41) is 3.66. The van der Waals surface area contributed by atoms with Crippen LogP contribution in [-0.2, 0) is 4.79 Å². The number of carbonyl (C=O) groups excluding carboxylic acids is 1. The molecule has 1 amide bonds. The number of rotatable bonds is 7. The smallest absolute Gasteiger partial charge is 0.225 e. The summed E-state index contributed by atoms with van der Waals surface area (Å²) in [6, 6.07) is 4.82. The summed E-state index contributed by atoms with van der Waals surface area (Å²) in [7, 11) is 0. The molecule has 1 saturated carbocycles. The van der Waals surface area contributed by atoms with E-state index in [1.54, 1.807) is 0 Å². The Labute approximate surface area is 151 Å². The van der Waals surface area contributed by atoms with Crippen molar-refractivity contribution >= 4 is 5.91 Å². The predicted octanol–water partition coefficient (Wildman–Crippen LogP) is 3.37. The molecule has 1 N–H and O–H groups in total. The number of nitrogens with zero attached hydrogens (tertiary/aromatic N) is 1. The zero-order chi connectivity index (χ0) is 17.8. The van der Waals surface area contributed by atoms with Crippen molar-refractivity contribution in [3.8, 4) is 5.75 Å². The average Bonchev–Trinajstić information content (AvgIpc) is 3.42. The monoisotopic (exact) mass is 344 g/mol. The van der Waals surface area contributed by atoms with Crippen LogP contribution < -0.4 is 10.1 Å². The number of piperidine rings is 1. The Morgan fingerprint density at radius 2 is 1.88 bits per heavy atom. The zero-order valence-electron chi connectivity index (χ0n) is 15.9. The van der Waals surface area contributed by atoms with E-state index < -0.39 is 0 Å². The van der Waals surface area contributed by atoms with Crippen LogP contribution in [0, 0.1) is 26.7 Å². The molecular weight excluding hydrogens is 312 g/mol. The van der Waals surface area contributed by atoms with E-state index in [1.165, 1.54) is 36.1 Å². The van der Waals surface area contributed by atoms with E-state index >= 15 is 0 Å². The van der Waals surface area contributed by atoms with Gasteiger partial charge < -0.3 is 15.0 Å². The second kappa shape index (κ2) is 8.22. The lowest BCUT2D eigenvalue weighted by Gasteiger charge is -2.32. The fraction of sp³-hybridized carbons (Fsp3) is 0.667. The van der Waals surface area contributed by atoms with Crippen LogP contribution in [0.5, 0.6) is 5.75 Å². The summed E-state index contributed by atoms with van der Waals surface area (Å²) in [5.41, 5.74) is 3.60. The maximum atomic E-state index is 12.4. The minimum atomic E-state index is 0.225. The summed E-state index contributed by atoms with van der Waals surface area (Å²) < 4.78 is 5.89. The molecule has 1 saturated heterocycles. The van der Waals surface area contributed by atoms with E-state index in [0.717, 1.165) is 37.6 Å². The normalized spacial score (nSPS) is 18.4. The highest BCUT2D eigenvalue weighted by Crippen LogP contribution is 2.28. The molecule has 25 heavy (non-hydrogen) atoms. The molecule has 1 aliphatic carbocycles. The first-order valence-corrected chi connectivity index (χ1v) is 9.74. The van der Waals surface area contributed by atoms with E-state index in [2.05, 4.69) is 38.2 Å². The van der Waals surface area contributed by atoms with Crippen LogP contribution in [0.3, 0.4) is 0 Å². The fourth-order valence-electron chi connectivity index (χ4n) is 3.55. The van der Waals surface area contributed by atoms with E-state index in [9.17, 15) is 4.79 Å². The molecule has 0 aromatic heterocycles. The van der Waals surface area contributed by atoms with Gasteiger partial charge in [0.2, 0.25) is 5.91 Å². The summed E-state index contributed by atoms with van der Waals surface area (Å²) in [4.78, 5) is 14.4. The standard InChI is InChI=1S/C21H32N2O2/c1-15-12-16(2)17(3)20(13-15)25-11-8-21(24)23-9-6-19(7-10-23)22-14-18-4-5-18/h12-13,18-19,22H,4-11,14H2,1-3H3. The molecule has 2 aliphatic rings. The minimum absolute atomic E-state index is 0.225. The van der Waals surface area contributed by atoms with Crippen LogP contribution in [0.15, 0.2) is 12.1 Å². The summed E-state index contributed by atoms with van der Waals surface area (Å²) in [6.45, 7) is 9.64. The first-order chi connectivity index (χ1) is 12.0. The van der Waals surface area contributed by atoms with Crippen molar-refractivity contribution in [1.82, 2.24) is 10.2 Å². The van der Waals surface area contributed by atoms with E-state index in [1.807, 2.05) is 4.90 Å². The number of aryl methyl sites for hydroxylation is 2. The first kappa shape index (κ1) is 18.2. The van der Waals surface area contributed by atoms with E-state index in [0.29, 0.717) is 19.1 Å². The zero-order valence-corrected chi connectivity index (χ0v) is 15.9. The van der Waals surface area contributed by atoms with Crippen molar-refractivity contribution in [2.75, 3.05) is 26.2 Å². The highest BCUT2D eigenvalue weighted by Gasteiger charge is 2.25. The Balaban J connectivity index is 1.38. The largest absolute Gasteiger partial charge is 0.493 e. The molecule has 1 heterocycles. The summed E-state index contributed by atoms with van der Waals surface area (Å²) in [5.74, 6) is 2.06. The molecule has 4 heteroatoms. The molecule has 0 unspecified atom stereocenters. The van der Waals surface area contributed by atoms with Gasteiger partial charge in [0.25, 0.3) is 0 Å². The van der Waals surface area contributed by atoms with Crippen molar-refractivity contribution in [1.29, 1.82) is 0 Å². The molecular formula is C21H32N2O2. The Kier molecular flexibility index (Phi) is 6.00. The second-order valence-corrected chi connectivity index (χ2v) is 7.81. The molecule has 1 aromatic rings. The van der Waals surface area contributed by atoms with Gasteiger partial charge in [-0.25, -0.2) is 0 Å². The SMILES string of the molecule is Cc1cc(C)c(C)c(OCCC(=O)N2CCC(NCC3CC3)CC2)c1. The quantitative estimate of drug-likeness (QED) is 0.824. The maximum Gasteiger partial charge on any atom is 0.225 e. The van der Waals surface area contributed by atoms with Gasteiger partial charge in [-0.2, -0.15) is 0 Å². The number of benzene rings is 1. The lowest BCUT2D eigenvalue weighted by Crippen LogP contribution is -2.45. The molecule has 3 rings (SSSR count). The molecule has 4 nitrogen and oxygen atoms in total. The summed E-state index contributed by atoms with van der Waals surface area (Å²) in [6.07, 6.45) is 5.41. The van der Waals surface area contributed by atoms with Crippen molar-refractivity contribution in [2.45, 2.75) is 58.9 Å². The van der Waals surface area contributed by atoms with Crippen molar-refractivity contribution in [3.63, 3.8) is 0 Å². The van der Waals surface area contributed by atoms with E-state index in [4.69, 9.17) is 4.74 Å². The van der Waals surface area contributed by atoms with Gasteiger partial charge in [-0.15, -0.1) is 0 Å². The lowest BCUT2D eigenvalue weighted by atomic mass is 10.0. The van der Waals surface area contributed by atoms with Gasteiger partial charge in [-0.05, 0) is 81.7 Å². The average molecular weight is 344 g/mol. The highest BCUT2D eigenvalue weighted by molar-refractivity contribution is 5.76. The Bertz CT molecular complexity index is 602. The third-order valence-electron chi connectivity index (χ3n) is 5.58. The predicted molar refractivity (Wildman–Crippen MR) is 101 cm³/mol. The molecule has 0 radical (unpaired) electrons. The number of ether oxygens (including phenoxy) is 1. The van der Waals surface area contributed by atoms with Gasteiger partial charge in [0.15, 0.2) is 0 Å². The number of amides is 1. The van der Waals surface area contributed by atoms with Gasteiger partial charge >= 0.3 is 0 Å². The molecule has 0 bridgehead atoms. The van der Waals surface area contributed by atoms with Crippen LogP contribution in [0.1, 0.15) is 48.8 Å². The van der Waals surface area contributed by atoms with Crippen molar-refractivity contribution < 1.29 is 9.53 Å². The van der Waals surface area contributed by atoms with Gasteiger partial charge in [0, 0.05) is 19.1 Å². The molecule has 2 fully saturated rings. The van der Waals surface area contributed by atoms with Crippen molar-refractivity contribution in [2.24, 2.45) is 5.92 Å². The molecule has 0 spiro atoms. The summed E-state index contributed by atoms with van der Waals surface area (Å²) >= 11 is 0. The topological polar surface area (TPSA) is 41.6 Å². The first-order valence-electron chi connectivity index (χ1n) is 9.74. The van der Waals surface area contributed by atoms with Crippen LogP contribution >= 0.6 is 0 Å². The van der Waals surface area contributed by atoms with Crippen LogP contribution in [0.2, 0.25) is 0 Å². The lowest BCUT2D eigenvalue weighted by molar-refractivity contribution is -0.132. The van der Waals surface area contributed by atoms with Gasteiger partial charge in [0.1, 0.15) is 5.75 Å². The number of likely N-dealkylation sites (tertiary alicyclic amines) is 1. The Morgan fingerprint density at radius 3 is 2.56 bits per heavy atom. The second-order valence-electron chi connectivity index (χ2n) is 7.81. The maximum absolute atomic E-state index is 12.4. The minimum Gasteiger partial charge on any atom is -0.493 e. The third kappa shape index (κ3) is 5.21. The van der Waals surface area contributed by atoms with Crippen LogP contribution in [0.25, 0.3) is 0 Å². The Hall–Kier alpha value is -1.55. The third-order valence-corrected chi connectivity index (χ3v) is 5.58. The number of carbonyl (C=O) groups is 1. The van der Waals surface area contributed by atoms with Gasteiger partial charge in [-0.3, -0.25) is 4.79 Å². The number of hydrogen-bond donors (Lipinski definition) is 1. The van der Waals surface area contributed by atoms with E-state index in [-0.39, 0.29) is 5.91 Å². The number of nitrogens with one attached hydrogen (secondary N) is 1. The van der Waals surface area contributed by atoms with Crippen LogP contribution in [-0.4, -0.2) is 43.1 Å². The Morgan fingerprint density at radius 1 is 1.16 bits per heavy atom. The molecule has 1 aromatic carbocycles.